The molecule has 0 radical (unpaired) electrons. The highest BCUT2D eigenvalue weighted by Crippen LogP contribution is 2.32. The van der Waals surface area contributed by atoms with E-state index in [9.17, 15) is 4.79 Å². The SMILES string of the molecule is CC(=O)c1ccc(C#N)cc1N1CCOC(c2ccccc2Cl)C1. The Morgan fingerprint density at radius 3 is 2.83 bits per heavy atom. The average Bonchev–Trinajstić information content (AvgIpc) is 2.61. The molecule has 122 valence electrons. The van der Waals surface area contributed by atoms with Crippen LogP contribution in [0.15, 0.2) is 42.5 Å². The first-order valence-electron chi connectivity index (χ1n) is 7.76. The van der Waals surface area contributed by atoms with E-state index >= 15 is 0 Å². The van der Waals surface area contributed by atoms with Gasteiger partial charge in [-0.1, -0.05) is 29.8 Å². The van der Waals surface area contributed by atoms with Crippen LogP contribution in [-0.2, 0) is 4.74 Å². The normalized spacial score (nSPS) is 17.4. The summed E-state index contributed by atoms with van der Waals surface area (Å²) in [6.45, 7) is 3.32. The largest absolute Gasteiger partial charge is 0.370 e. The molecule has 1 unspecified atom stereocenters. The first kappa shape index (κ1) is 16.5. The predicted octanol–water partition coefficient (Wildman–Crippen LogP) is 3.99. The van der Waals surface area contributed by atoms with Crippen molar-refractivity contribution in [1.82, 2.24) is 0 Å². The van der Waals surface area contributed by atoms with E-state index in [2.05, 4.69) is 11.0 Å². The van der Waals surface area contributed by atoms with Crippen LogP contribution in [0, 0.1) is 11.3 Å². The van der Waals surface area contributed by atoms with Gasteiger partial charge in [0, 0.05) is 34.9 Å². The quantitative estimate of drug-likeness (QED) is 0.793. The van der Waals surface area contributed by atoms with Gasteiger partial charge in [0.05, 0.1) is 18.2 Å². The standard InChI is InChI=1S/C19H17ClN2O2/c1-13(23)15-7-6-14(11-21)10-18(15)22-8-9-24-19(12-22)16-4-2-3-5-17(16)20/h2-7,10,19H,8-9,12H2,1H3. The molecular formula is C19H17ClN2O2. The van der Waals surface area contributed by atoms with Crippen molar-refractivity contribution in [3.8, 4) is 6.07 Å². The third-order valence-corrected chi connectivity index (χ3v) is 4.51. The summed E-state index contributed by atoms with van der Waals surface area (Å²) in [4.78, 5) is 14.0. The van der Waals surface area contributed by atoms with Crippen LogP contribution < -0.4 is 4.90 Å². The fourth-order valence-electron chi connectivity index (χ4n) is 2.95. The molecular weight excluding hydrogens is 324 g/mol. The molecule has 0 bridgehead atoms. The van der Waals surface area contributed by atoms with E-state index in [0.717, 1.165) is 11.3 Å². The fourth-order valence-corrected chi connectivity index (χ4v) is 3.21. The molecule has 0 amide bonds. The Labute approximate surface area is 146 Å². The molecule has 0 saturated carbocycles. The van der Waals surface area contributed by atoms with Crippen LogP contribution in [0.5, 0.6) is 0 Å². The minimum atomic E-state index is -0.169. The van der Waals surface area contributed by atoms with Crippen LogP contribution in [0.1, 0.15) is 34.5 Å². The molecule has 1 atom stereocenters. The van der Waals surface area contributed by atoms with Gasteiger partial charge in [0.15, 0.2) is 5.78 Å². The molecule has 24 heavy (non-hydrogen) atoms. The zero-order valence-electron chi connectivity index (χ0n) is 13.3. The van der Waals surface area contributed by atoms with Crippen molar-refractivity contribution in [3.05, 3.63) is 64.2 Å². The van der Waals surface area contributed by atoms with E-state index in [0.29, 0.717) is 35.8 Å². The maximum Gasteiger partial charge on any atom is 0.161 e. The summed E-state index contributed by atoms with van der Waals surface area (Å²) in [5.41, 5.74) is 2.87. The Hall–Kier alpha value is -2.35. The maximum absolute atomic E-state index is 12.0. The minimum Gasteiger partial charge on any atom is -0.370 e. The molecule has 1 aliphatic rings. The van der Waals surface area contributed by atoms with Gasteiger partial charge in [-0.3, -0.25) is 4.79 Å². The molecule has 1 aliphatic heterocycles. The number of anilines is 1. The van der Waals surface area contributed by atoms with E-state index in [1.165, 1.54) is 6.92 Å². The molecule has 0 aliphatic carbocycles. The topological polar surface area (TPSA) is 53.3 Å². The molecule has 2 aromatic carbocycles. The number of ether oxygens (including phenoxy) is 1. The van der Waals surface area contributed by atoms with Crippen molar-refractivity contribution in [2.24, 2.45) is 0 Å². The van der Waals surface area contributed by atoms with Crippen LogP contribution in [0.25, 0.3) is 0 Å². The van der Waals surface area contributed by atoms with Crippen molar-refractivity contribution >= 4 is 23.1 Å². The van der Waals surface area contributed by atoms with Crippen LogP contribution in [-0.4, -0.2) is 25.5 Å². The molecule has 4 nitrogen and oxygen atoms in total. The number of ketones is 1. The molecule has 0 N–H and O–H groups in total. The molecule has 1 heterocycles. The number of hydrogen-bond donors (Lipinski definition) is 0. The number of rotatable bonds is 3. The minimum absolute atomic E-state index is 0.0183. The van der Waals surface area contributed by atoms with Crippen molar-refractivity contribution in [3.63, 3.8) is 0 Å². The molecule has 2 aromatic rings. The molecule has 1 fully saturated rings. The highest BCUT2D eigenvalue weighted by Gasteiger charge is 2.26. The third-order valence-electron chi connectivity index (χ3n) is 4.17. The van der Waals surface area contributed by atoms with Gasteiger partial charge in [0.2, 0.25) is 0 Å². The van der Waals surface area contributed by atoms with E-state index in [4.69, 9.17) is 21.6 Å². The summed E-state index contributed by atoms with van der Waals surface area (Å²) in [6.07, 6.45) is -0.169. The van der Waals surface area contributed by atoms with Gasteiger partial charge in [0.25, 0.3) is 0 Å². The second kappa shape index (κ2) is 7.04. The van der Waals surface area contributed by atoms with Gasteiger partial charge in [0.1, 0.15) is 6.10 Å². The molecule has 0 aromatic heterocycles. The number of hydrogen-bond acceptors (Lipinski definition) is 4. The first-order chi connectivity index (χ1) is 11.6. The maximum atomic E-state index is 12.0. The smallest absolute Gasteiger partial charge is 0.161 e. The lowest BCUT2D eigenvalue weighted by Crippen LogP contribution is -2.39. The van der Waals surface area contributed by atoms with Crippen molar-refractivity contribution in [2.45, 2.75) is 13.0 Å². The number of morpholine rings is 1. The number of carbonyl (C=O) groups excluding carboxylic acids is 1. The van der Waals surface area contributed by atoms with Gasteiger partial charge in [-0.15, -0.1) is 0 Å². The molecule has 5 heteroatoms. The fraction of sp³-hybridized carbons (Fsp3) is 0.263. The van der Waals surface area contributed by atoms with Crippen LogP contribution >= 0.6 is 11.6 Å². The number of halogens is 1. The summed E-state index contributed by atoms with van der Waals surface area (Å²) in [5, 5.41) is 9.83. The summed E-state index contributed by atoms with van der Waals surface area (Å²) in [7, 11) is 0. The Kier molecular flexibility index (Phi) is 4.84. The van der Waals surface area contributed by atoms with Crippen molar-refractivity contribution < 1.29 is 9.53 Å². The van der Waals surface area contributed by atoms with Gasteiger partial charge in [-0.2, -0.15) is 5.26 Å². The van der Waals surface area contributed by atoms with Gasteiger partial charge in [-0.05, 0) is 31.2 Å². The third kappa shape index (κ3) is 3.28. The average molecular weight is 341 g/mol. The lowest BCUT2D eigenvalue weighted by Gasteiger charge is -2.36. The summed E-state index contributed by atoms with van der Waals surface area (Å²) in [5.74, 6) is -0.0183. The predicted molar refractivity (Wildman–Crippen MR) is 93.5 cm³/mol. The van der Waals surface area contributed by atoms with Gasteiger partial charge in [-0.25, -0.2) is 0 Å². The second-order valence-electron chi connectivity index (χ2n) is 5.73. The summed E-state index contributed by atoms with van der Waals surface area (Å²) >= 11 is 6.29. The Balaban J connectivity index is 1.94. The lowest BCUT2D eigenvalue weighted by molar-refractivity contribution is 0.0398. The van der Waals surface area contributed by atoms with Gasteiger partial charge >= 0.3 is 0 Å². The number of carbonyl (C=O) groups is 1. The number of benzene rings is 2. The van der Waals surface area contributed by atoms with E-state index < -0.39 is 0 Å². The summed E-state index contributed by atoms with van der Waals surface area (Å²) < 4.78 is 5.88. The molecule has 1 saturated heterocycles. The van der Waals surface area contributed by atoms with Crippen LogP contribution in [0.2, 0.25) is 5.02 Å². The highest BCUT2D eigenvalue weighted by atomic mass is 35.5. The number of nitrogens with zero attached hydrogens (tertiary/aromatic N) is 2. The highest BCUT2D eigenvalue weighted by molar-refractivity contribution is 6.31. The van der Waals surface area contributed by atoms with E-state index in [1.807, 2.05) is 24.3 Å². The number of Topliss-reactive ketones (excluding diaryl/α,β-unsaturated/α-hetero) is 1. The van der Waals surface area contributed by atoms with Gasteiger partial charge < -0.3 is 9.64 Å². The lowest BCUT2D eigenvalue weighted by atomic mass is 10.0. The first-order valence-corrected chi connectivity index (χ1v) is 8.14. The molecule has 3 rings (SSSR count). The number of nitriles is 1. The second-order valence-corrected chi connectivity index (χ2v) is 6.13. The van der Waals surface area contributed by atoms with Crippen molar-refractivity contribution in [2.75, 3.05) is 24.6 Å². The Morgan fingerprint density at radius 2 is 2.12 bits per heavy atom. The monoisotopic (exact) mass is 340 g/mol. The van der Waals surface area contributed by atoms with Crippen molar-refractivity contribution in [1.29, 1.82) is 5.26 Å². The molecule has 0 spiro atoms. The zero-order chi connectivity index (χ0) is 17.1. The van der Waals surface area contributed by atoms with E-state index in [1.54, 1.807) is 18.2 Å². The Morgan fingerprint density at radius 1 is 1.33 bits per heavy atom. The van der Waals surface area contributed by atoms with Crippen LogP contribution in [0.4, 0.5) is 5.69 Å². The van der Waals surface area contributed by atoms with Crippen LogP contribution in [0.3, 0.4) is 0 Å². The summed E-state index contributed by atoms with van der Waals surface area (Å²) in [6, 6.07) is 14.9. The zero-order valence-corrected chi connectivity index (χ0v) is 14.1. The van der Waals surface area contributed by atoms with E-state index in [-0.39, 0.29) is 11.9 Å². The Bertz CT molecular complexity index is 813.